The monoisotopic (exact) mass is 260 g/mol. The van der Waals surface area contributed by atoms with Crippen LogP contribution in [-0.2, 0) is 0 Å². The van der Waals surface area contributed by atoms with E-state index in [0.29, 0.717) is 5.65 Å². The number of H-pyrrole nitrogens is 1. The Morgan fingerprint density at radius 1 is 1.55 bits per heavy atom. The molecule has 1 N–H and O–H groups in total. The van der Waals surface area contributed by atoms with Crippen LogP contribution in [0.25, 0.3) is 11.2 Å². The van der Waals surface area contributed by atoms with Crippen LogP contribution in [0.5, 0.6) is 0 Å². The molecule has 5 heteroatoms. The van der Waals surface area contributed by atoms with E-state index >= 15 is 0 Å². The minimum absolute atomic E-state index is 0.689. The summed E-state index contributed by atoms with van der Waals surface area (Å²) in [5, 5.41) is 6.79. The zero-order chi connectivity index (χ0) is 7.84. The molecule has 0 aliphatic carbocycles. The Bertz CT molecular complexity index is 394. The van der Waals surface area contributed by atoms with Crippen LogP contribution in [0.3, 0.4) is 0 Å². The lowest BCUT2D eigenvalue weighted by Crippen LogP contribution is -1.84. The summed E-state index contributed by atoms with van der Waals surface area (Å²) < 4.78 is 0.935. The molecule has 0 unspecified atom stereocenters. The number of aromatic amines is 1. The SMILES string of the molecule is Cc1cnc2c(I)[nH]nc2n1. The van der Waals surface area contributed by atoms with Crippen molar-refractivity contribution >= 4 is 33.8 Å². The first-order valence-corrected chi connectivity index (χ1v) is 4.18. The molecule has 11 heavy (non-hydrogen) atoms. The standard InChI is InChI=1S/C6H5IN4/c1-3-2-8-4-5(7)10-11-6(4)9-3/h2H,1H3,(H,9,10,11). The molecule has 2 aromatic heterocycles. The first kappa shape index (κ1) is 6.96. The van der Waals surface area contributed by atoms with Gasteiger partial charge in [0.05, 0.1) is 5.69 Å². The van der Waals surface area contributed by atoms with Gasteiger partial charge in [-0.25, -0.2) is 9.97 Å². The van der Waals surface area contributed by atoms with Crippen LogP contribution < -0.4 is 0 Å². The summed E-state index contributed by atoms with van der Waals surface area (Å²) in [5.74, 6) is 0. The molecular formula is C6H5IN4. The van der Waals surface area contributed by atoms with Gasteiger partial charge >= 0.3 is 0 Å². The lowest BCUT2D eigenvalue weighted by molar-refractivity contribution is 1.07. The van der Waals surface area contributed by atoms with Crippen molar-refractivity contribution in [1.29, 1.82) is 0 Å². The highest BCUT2D eigenvalue weighted by atomic mass is 127. The maximum absolute atomic E-state index is 4.19. The minimum Gasteiger partial charge on any atom is -0.268 e. The number of halogens is 1. The van der Waals surface area contributed by atoms with Crippen LogP contribution in [0.2, 0.25) is 0 Å². The lowest BCUT2D eigenvalue weighted by atomic mass is 10.5. The fourth-order valence-electron chi connectivity index (χ4n) is 0.852. The lowest BCUT2D eigenvalue weighted by Gasteiger charge is -1.88. The van der Waals surface area contributed by atoms with Crippen LogP contribution >= 0.6 is 22.6 Å². The fraction of sp³-hybridized carbons (Fsp3) is 0.167. The van der Waals surface area contributed by atoms with Crippen LogP contribution in [0, 0.1) is 10.6 Å². The normalized spacial score (nSPS) is 10.7. The van der Waals surface area contributed by atoms with Crippen LogP contribution in [0.4, 0.5) is 0 Å². The van der Waals surface area contributed by atoms with Gasteiger partial charge in [-0.15, -0.1) is 0 Å². The summed E-state index contributed by atoms with van der Waals surface area (Å²) in [6.07, 6.45) is 1.74. The van der Waals surface area contributed by atoms with E-state index in [4.69, 9.17) is 0 Å². The molecule has 0 amide bonds. The highest BCUT2D eigenvalue weighted by Crippen LogP contribution is 2.12. The Kier molecular flexibility index (Phi) is 1.52. The zero-order valence-electron chi connectivity index (χ0n) is 5.80. The van der Waals surface area contributed by atoms with Crippen LogP contribution in [0.1, 0.15) is 5.69 Å². The molecule has 0 fully saturated rings. The molecule has 2 rings (SSSR count). The predicted octanol–water partition coefficient (Wildman–Crippen LogP) is 1.27. The number of aryl methyl sites for hydroxylation is 1. The molecule has 0 aromatic carbocycles. The average molecular weight is 260 g/mol. The molecule has 0 aliphatic heterocycles. The summed E-state index contributed by atoms with van der Waals surface area (Å²) >= 11 is 2.14. The number of fused-ring (bicyclic) bond motifs is 1. The predicted molar refractivity (Wildman–Crippen MR) is 49.1 cm³/mol. The number of nitrogens with one attached hydrogen (secondary N) is 1. The van der Waals surface area contributed by atoms with Gasteiger partial charge in [0.1, 0.15) is 9.22 Å². The molecule has 0 bridgehead atoms. The van der Waals surface area contributed by atoms with E-state index in [-0.39, 0.29) is 0 Å². The van der Waals surface area contributed by atoms with Crippen molar-refractivity contribution < 1.29 is 0 Å². The highest BCUT2D eigenvalue weighted by Gasteiger charge is 2.03. The summed E-state index contributed by atoms with van der Waals surface area (Å²) in [4.78, 5) is 8.36. The summed E-state index contributed by atoms with van der Waals surface area (Å²) in [5.41, 5.74) is 2.42. The van der Waals surface area contributed by atoms with Gasteiger partial charge in [-0.1, -0.05) is 0 Å². The van der Waals surface area contributed by atoms with Gasteiger partial charge < -0.3 is 0 Å². The molecule has 0 spiro atoms. The van der Waals surface area contributed by atoms with Gasteiger partial charge in [0.25, 0.3) is 0 Å². The molecule has 0 saturated heterocycles. The van der Waals surface area contributed by atoms with Crippen molar-refractivity contribution in [3.63, 3.8) is 0 Å². The van der Waals surface area contributed by atoms with Crippen LogP contribution in [-0.4, -0.2) is 20.2 Å². The molecule has 0 saturated carbocycles. The number of aromatic nitrogens is 4. The molecular weight excluding hydrogens is 255 g/mol. The number of rotatable bonds is 0. The van der Waals surface area contributed by atoms with E-state index in [1.54, 1.807) is 6.20 Å². The Morgan fingerprint density at radius 2 is 2.36 bits per heavy atom. The van der Waals surface area contributed by atoms with Crippen molar-refractivity contribution in [2.24, 2.45) is 0 Å². The third-order valence-corrected chi connectivity index (χ3v) is 2.09. The molecule has 0 aliphatic rings. The topological polar surface area (TPSA) is 54.5 Å². The van der Waals surface area contributed by atoms with Gasteiger partial charge in [-0.2, -0.15) is 5.10 Å². The highest BCUT2D eigenvalue weighted by molar-refractivity contribution is 14.1. The van der Waals surface area contributed by atoms with Crippen molar-refractivity contribution in [3.05, 3.63) is 15.6 Å². The molecule has 4 nitrogen and oxygen atoms in total. The van der Waals surface area contributed by atoms with Gasteiger partial charge in [-0.05, 0) is 29.5 Å². The molecule has 0 radical (unpaired) electrons. The second-order valence-electron chi connectivity index (χ2n) is 2.22. The van der Waals surface area contributed by atoms with Crippen molar-refractivity contribution in [3.8, 4) is 0 Å². The summed E-state index contributed by atoms with van der Waals surface area (Å²) in [7, 11) is 0. The smallest absolute Gasteiger partial charge is 0.200 e. The Hall–Kier alpha value is -0.720. The summed E-state index contributed by atoms with van der Waals surface area (Å²) in [6.45, 7) is 1.90. The number of hydrogen-bond acceptors (Lipinski definition) is 3. The first-order valence-electron chi connectivity index (χ1n) is 3.10. The largest absolute Gasteiger partial charge is 0.268 e. The second-order valence-corrected chi connectivity index (χ2v) is 3.30. The average Bonchev–Trinajstić information content (AvgIpc) is 2.32. The van der Waals surface area contributed by atoms with E-state index in [0.717, 1.165) is 14.9 Å². The maximum atomic E-state index is 4.19. The zero-order valence-corrected chi connectivity index (χ0v) is 7.95. The molecule has 2 heterocycles. The van der Waals surface area contributed by atoms with Gasteiger partial charge in [0, 0.05) is 6.20 Å². The van der Waals surface area contributed by atoms with E-state index < -0.39 is 0 Å². The van der Waals surface area contributed by atoms with E-state index in [2.05, 4.69) is 42.8 Å². The fourth-order valence-corrected chi connectivity index (χ4v) is 1.35. The Labute approximate surface area is 76.6 Å². The van der Waals surface area contributed by atoms with Gasteiger partial charge in [0.2, 0.25) is 5.65 Å². The van der Waals surface area contributed by atoms with Crippen molar-refractivity contribution in [1.82, 2.24) is 20.2 Å². The van der Waals surface area contributed by atoms with Crippen LogP contribution in [0.15, 0.2) is 6.20 Å². The Balaban J connectivity index is 2.86. The number of nitrogens with zero attached hydrogens (tertiary/aromatic N) is 3. The van der Waals surface area contributed by atoms with Crippen molar-refractivity contribution in [2.75, 3.05) is 0 Å². The van der Waals surface area contributed by atoms with E-state index in [1.165, 1.54) is 0 Å². The van der Waals surface area contributed by atoms with E-state index in [1.807, 2.05) is 6.92 Å². The quantitative estimate of drug-likeness (QED) is 0.725. The third kappa shape index (κ3) is 1.09. The molecule has 0 atom stereocenters. The Morgan fingerprint density at radius 3 is 3.18 bits per heavy atom. The van der Waals surface area contributed by atoms with Gasteiger partial charge in [-0.3, -0.25) is 5.10 Å². The minimum atomic E-state index is 0.689. The molecule has 56 valence electrons. The maximum Gasteiger partial charge on any atom is 0.200 e. The third-order valence-electron chi connectivity index (χ3n) is 1.34. The number of hydrogen-bond donors (Lipinski definition) is 1. The van der Waals surface area contributed by atoms with E-state index in [9.17, 15) is 0 Å². The van der Waals surface area contributed by atoms with Crippen molar-refractivity contribution in [2.45, 2.75) is 6.92 Å². The summed E-state index contributed by atoms with van der Waals surface area (Å²) in [6, 6.07) is 0. The first-order chi connectivity index (χ1) is 5.27. The second kappa shape index (κ2) is 2.40. The van der Waals surface area contributed by atoms with Gasteiger partial charge in [0.15, 0.2) is 0 Å². The molecule has 2 aromatic rings.